The molecule has 0 saturated carbocycles. The van der Waals surface area contributed by atoms with E-state index in [0.29, 0.717) is 11.3 Å². The number of hydrogen-bond acceptors (Lipinski definition) is 3. The van der Waals surface area contributed by atoms with Crippen LogP contribution in [0.3, 0.4) is 0 Å². The highest BCUT2D eigenvalue weighted by molar-refractivity contribution is 8.00. The van der Waals surface area contributed by atoms with Crippen LogP contribution in [0.25, 0.3) is 0 Å². The van der Waals surface area contributed by atoms with Crippen molar-refractivity contribution in [2.75, 3.05) is 5.75 Å². The molecule has 1 aliphatic rings. The highest BCUT2D eigenvalue weighted by Crippen LogP contribution is 2.29. The molecule has 1 fully saturated rings. The van der Waals surface area contributed by atoms with Crippen LogP contribution in [0.5, 0.6) is 0 Å². The number of aryl methyl sites for hydroxylation is 2. The topological polar surface area (TPSA) is 38.0 Å². The highest BCUT2D eigenvalue weighted by atomic mass is 32.2. The van der Waals surface area contributed by atoms with Crippen LogP contribution in [0, 0.1) is 13.8 Å². The average molecular weight is 264 g/mol. The van der Waals surface area contributed by atoms with E-state index in [1.54, 1.807) is 0 Å². The van der Waals surface area contributed by atoms with Crippen LogP contribution in [0.1, 0.15) is 36.0 Å². The molecule has 1 aromatic carbocycles. The van der Waals surface area contributed by atoms with Gasteiger partial charge in [0.15, 0.2) is 0 Å². The van der Waals surface area contributed by atoms with Crippen molar-refractivity contribution in [3.8, 4) is 0 Å². The number of benzene rings is 1. The SMILES string of the molecule is Cc1ccc(C)c(CC(NN)C2CCCCS2)c1. The van der Waals surface area contributed by atoms with Gasteiger partial charge in [0.25, 0.3) is 0 Å². The molecule has 2 rings (SSSR count). The molecule has 2 atom stereocenters. The largest absolute Gasteiger partial charge is 0.271 e. The zero-order valence-corrected chi connectivity index (χ0v) is 12.2. The Labute approximate surface area is 115 Å². The fourth-order valence-corrected chi connectivity index (χ4v) is 4.05. The third kappa shape index (κ3) is 3.50. The molecule has 1 heterocycles. The van der Waals surface area contributed by atoms with E-state index in [-0.39, 0.29) is 0 Å². The smallest absolute Gasteiger partial charge is 0.0369 e. The van der Waals surface area contributed by atoms with Gasteiger partial charge in [0.1, 0.15) is 0 Å². The fourth-order valence-electron chi connectivity index (χ4n) is 2.64. The van der Waals surface area contributed by atoms with Crippen molar-refractivity contribution in [3.63, 3.8) is 0 Å². The molecule has 1 aromatic rings. The number of nitrogens with one attached hydrogen (secondary N) is 1. The Morgan fingerprint density at radius 2 is 2.22 bits per heavy atom. The maximum Gasteiger partial charge on any atom is 0.0369 e. The second kappa shape index (κ2) is 6.60. The molecular formula is C15H24N2S. The van der Waals surface area contributed by atoms with Crippen LogP contribution in [0.15, 0.2) is 18.2 Å². The van der Waals surface area contributed by atoms with Gasteiger partial charge in [-0.15, -0.1) is 0 Å². The van der Waals surface area contributed by atoms with E-state index in [9.17, 15) is 0 Å². The Balaban J connectivity index is 2.06. The van der Waals surface area contributed by atoms with Crippen molar-refractivity contribution in [1.82, 2.24) is 5.43 Å². The lowest BCUT2D eigenvalue weighted by molar-refractivity contribution is 0.471. The molecule has 0 aromatic heterocycles. The summed E-state index contributed by atoms with van der Waals surface area (Å²) in [4.78, 5) is 0. The van der Waals surface area contributed by atoms with Crippen molar-refractivity contribution in [1.29, 1.82) is 0 Å². The third-order valence-corrected chi connectivity index (χ3v) is 5.34. The molecule has 18 heavy (non-hydrogen) atoms. The quantitative estimate of drug-likeness (QED) is 0.648. The van der Waals surface area contributed by atoms with Crippen LogP contribution in [-0.2, 0) is 6.42 Å². The van der Waals surface area contributed by atoms with Crippen molar-refractivity contribution >= 4 is 11.8 Å². The van der Waals surface area contributed by atoms with Crippen molar-refractivity contribution in [2.45, 2.75) is 50.8 Å². The lowest BCUT2D eigenvalue weighted by atomic mass is 9.96. The van der Waals surface area contributed by atoms with Gasteiger partial charge < -0.3 is 0 Å². The van der Waals surface area contributed by atoms with E-state index in [2.05, 4.69) is 49.2 Å². The first-order chi connectivity index (χ1) is 8.70. The molecule has 100 valence electrons. The van der Waals surface area contributed by atoms with E-state index in [1.807, 2.05) is 0 Å². The summed E-state index contributed by atoms with van der Waals surface area (Å²) in [5.74, 6) is 7.06. The maximum atomic E-state index is 5.78. The Morgan fingerprint density at radius 3 is 2.89 bits per heavy atom. The standard InChI is InChI=1S/C15H24N2S/c1-11-6-7-12(2)13(9-11)10-14(17-16)15-5-3-4-8-18-15/h6-7,9,14-15,17H,3-5,8,10,16H2,1-2H3. The van der Waals surface area contributed by atoms with E-state index >= 15 is 0 Å². The molecule has 1 saturated heterocycles. The minimum atomic E-state index is 0.399. The summed E-state index contributed by atoms with van der Waals surface area (Å²) in [6, 6.07) is 7.09. The molecule has 0 amide bonds. The van der Waals surface area contributed by atoms with Crippen molar-refractivity contribution < 1.29 is 0 Å². The fraction of sp³-hybridized carbons (Fsp3) is 0.600. The monoisotopic (exact) mass is 264 g/mol. The van der Waals surface area contributed by atoms with Crippen molar-refractivity contribution in [3.05, 3.63) is 34.9 Å². The molecule has 0 radical (unpaired) electrons. The van der Waals surface area contributed by atoms with Gasteiger partial charge in [0.05, 0.1) is 0 Å². The summed E-state index contributed by atoms with van der Waals surface area (Å²) in [5.41, 5.74) is 7.19. The van der Waals surface area contributed by atoms with Crippen LogP contribution in [-0.4, -0.2) is 17.0 Å². The number of thioether (sulfide) groups is 1. The van der Waals surface area contributed by atoms with Gasteiger partial charge in [-0.2, -0.15) is 11.8 Å². The zero-order chi connectivity index (χ0) is 13.0. The van der Waals surface area contributed by atoms with Gasteiger partial charge in [-0.05, 0) is 50.0 Å². The maximum absolute atomic E-state index is 5.78. The van der Waals surface area contributed by atoms with E-state index in [0.717, 1.165) is 6.42 Å². The van der Waals surface area contributed by atoms with E-state index in [1.165, 1.54) is 41.7 Å². The molecule has 0 spiro atoms. The molecule has 1 aliphatic heterocycles. The second-order valence-corrected chi connectivity index (χ2v) is 6.66. The molecule has 2 unspecified atom stereocenters. The minimum Gasteiger partial charge on any atom is -0.271 e. The van der Waals surface area contributed by atoms with E-state index in [4.69, 9.17) is 5.84 Å². The van der Waals surface area contributed by atoms with Crippen molar-refractivity contribution in [2.24, 2.45) is 5.84 Å². The van der Waals surface area contributed by atoms with Crippen LogP contribution in [0.2, 0.25) is 0 Å². The summed E-state index contributed by atoms with van der Waals surface area (Å²) in [6.45, 7) is 4.35. The summed E-state index contributed by atoms with van der Waals surface area (Å²) in [5, 5.41) is 0.670. The van der Waals surface area contributed by atoms with Crippen LogP contribution >= 0.6 is 11.8 Å². The highest BCUT2D eigenvalue weighted by Gasteiger charge is 2.23. The average Bonchev–Trinajstić information content (AvgIpc) is 2.41. The number of hydrogen-bond donors (Lipinski definition) is 2. The Kier molecular flexibility index (Phi) is 5.10. The van der Waals surface area contributed by atoms with Gasteiger partial charge in [-0.25, -0.2) is 0 Å². The van der Waals surface area contributed by atoms with Gasteiger partial charge in [0, 0.05) is 11.3 Å². The lowest BCUT2D eigenvalue weighted by Gasteiger charge is -2.29. The first-order valence-electron chi connectivity index (χ1n) is 6.84. The predicted molar refractivity (Wildman–Crippen MR) is 80.8 cm³/mol. The van der Waals surface area contributed by atoms with Gasteiger partial charge >= 0.3 is 0 Å². The Hall–Kier alpha value is -0.510. The summed E-state index contributed by atoms with van der Waals surface area (Å²) >= 11 is 2.08. The number of rotatable bonds is 4. The second-order valence-electron chi connectivity index (χ2n) is 5.31. The normalized spacial score (nSPS) is 21.8. The summed E-state index contributed by atoms with van der Waals surface area (Å²) < 4.78 is 0. The lowest BCUT2D eigenvalue weighted by Crippen LogP contribution is -2.45. The molecular weight excluding hydrogens is 240 g/mol. The molecule has 3 N–H and O–H groups in total. The minimum absolute atomic E-state index is 0.399. The molecule has 0 aliphatic carbocycles. The van der Waals surface area contributed by atoms with Crippen LogP contribution in [0.4, 0.5) is 0 Å². The Bertz CT molecular complexity index is 386. The van der Waals surface area contributed by atoms with Gasteiger partial charge in [-0.3, -0.25) is 11.3 Å². The summed E-state index contributed by atoms with van der Waals surface area (Å²) in [6.07, 6.45) is 5.05. The van der Waals surface area contributed by atoms with Gasteiger partial charge in [0.2, 0.25) is 0 Å². The molecule has 2 nitrogen and oxygen atoms in total. The number of nitrogens with two attached hydrogens (primary N) is 1. The van der Waals surface area contributed by atoms with Crippen LogP contribution < -0.4 is 11.3 Å². The molecule has 3 heteroatoms. The third-order valence-electron chi connectivity index (χ3n) is 3.82. The van der Waals surface area contributed by atoms with Gasteiger partial charge in [-0.1, -0.05) is 30.2 Å². The number of hydrazine groups is 1. The van der Waals surface area contributed by atoms with E-state index < -0.39 is 0 Å². The molecule has 0 bridgehead atoms. The first-order valence-corrected chi connectivity index (χ1v) is 7.89. The summed E-state index contributed by atoms with van der Waals surface area (Å²) in [7, 11) is 0. The first kappa shape index (κ1) is 13.9. The predicted octanol–water partition coefficient (Wildman–Crippen LogP) is 2.96. The zero-order valence-electron chi connectivity index (χ0n) is 11.4. The Morgan fingerprint density at radius 1 is 1.39 bits per heavy atom.